The van der Waals surface area contributed by atoms with Gasteiger partial charge in [-0.1, -0.05) is 12.2 Å². The normalized spacial score (nSPS) is 20.6. The highest BCUT2D eigenvalue weighted by Crippen LogP contribution is 2.36. The first-order chi connectivity index (χ1) is 11.3. The fraction of sp³-hybridized carbons (Fsp3) is 0.385. The second kappa shape index (κ2) is 5.97. The van der Waals surface area contributed by atoms with Gasteiger partial charge in [-0.25, -0.2) is 9.97 Å². The molecular formula is C13H17N6O4P. The number of anilines is 1. The number of rotatable bonds is 4. The largest absolute Gasteiger partial charge is 0.481 e. The Morgan fingerprint density at radius 3 is 2.92 bits per heavy atom. The van der Waals surface area contributed by atoms with Crippen LogP contribution in [0, 0.1) is 11.3 Å². The SMILES string of the molecule is CC(=N)OC[C@@H]1C=C[C@H](n2cnc3c(P(=O)(O)O)nc(N)nc32)C1. The summed E-state index contributed by atoms with van der Waals surface area (Å²) in [6.07, 6.45) is 6.10. The highest BCUT2D eigenvalue weighted by molar-refractivity contribution is 7.60. The van der Waals surface area contributed by atoms with Crippen LogP contribution in [0.3, 0.4) is 0 Å². The third-order valence-corrected chi connectivity index (χ3v) is 4.58. The molecule has 0 radical (unpaired) electrons. The van der Waals surface area contributed by atoms with Crippen molar-refractivity contribution in [3.8, 4) is 0 Å². The summed E-state index contributed by atoms with van der Waals surface area (Å²) in [6, 6.07) is -0.0893. The molecule has 1 aliphatic carbocycles. The van der Waals surface area contributed by atoms with Crippen LogP contribution in [0.1, 0.15) is 19.4 Å². The number of allylic oxidation sites excluding steroid dienone is 1. The number of fused-ring (bicyclic) bond motifs is 1. The summed E-state index contributed by atoms with van der Waals surface area (Å²) in [5.41, 5.74) is 5.44. The molecule has 11 heteroatoms. The first kappa shape index (κ1) is 16.6. The van der Waals surface area contributed by atoms with E-state index in [1.807, 2.05) is 12.2 Å². The van der Waals surface area contributed by atoms with E-state index in [2.05, 4.69) is 15.0 Å². The van der Waals surface area contributed by atoms with Gasteiger partial charge in [-0.05, 0) is 6.42 Å². The molecule has 0 aliphatic heterocycles. The standard InChI is InChI=1S/C13H17N6O4P/c1-7(14)23-5-8-2-3-9(4-8)19-6-16-10-11(19)17-13(15)18-12(10)24(20,21)22/h2-3,6,8-9,14H,4-5H2,1H3,(H2,15,17,18)(H2,20,21,22)/t8-,9+/m1/s1. The van der Waals surface area contributed by atoms with Gasteiger partial charge in [0.1, 0.15) is 5.52 Å². The number of nitrogens with one attached hydrogen (secondary N) is 1. The van der Waals surface area contributed by atoms with Gasteiger partial charge in [0.15, 0.2) is 17.0 Å². The number of aromatic nitrogens is 4. The molecule has 2 atom stereocenters. The minimum absolute atomic E-state index is 0.0426. The van der Waals surface area contributed by atoms with E-state index >= 15 is 0 Å². The van der Waals surface area contributed by atoms with Crippen molar-refractivity contribution in [2.24, 2.45) is 5.92 Å². The third kappa shape index (κ3) is 3.16. The molecule has 2 heterocycles. The molecule has 0 fully saturated rings. The fourth-order valence-electron chi connectivity index (χ4n) is 2.68. The number of nitrogen functional groups attached to an aromatic ring is 1. The highest BCUT2D eigenvalue weighted by Gasteiger charge is 2.29. The van der Waals surface area contributed by atoms with Crippen molar-refractivity contribution in [1.29, 1.82) is 5.41 Å². The van der Waals surface area contributed by atoms with Gasteiger partial charge in [0.25, 0.3) is 0 Å². The summed E-state index contributed by atoms with van der Waals surface area (Å²) < 4.78 is 18.5. The van der Waals surface area contributed by atoms with Crippen LogP contribution in [0.5, 0.6) is 0 Å². The number of imidazole rings is 1. The molecule has 0 bridgehead atoms. The predicted molar refractivity (Wildman–Crippen MR) is 87.1 cm³/mol. The van der Waals surface area contributed by atoms with Gasteiger partial charge < -0.3 is 24.8 Å². The maximum atomic E-state index is 11.6. The van der Waals surface area contributed by atoms with Gasteiger partial charge in [0, 0.05) is 12.8 Å². The summed E-state index contributed by atoms with van der Waals surface area (Å²) in [4.78, 5) is 30.6. The molecule has 0 amide bonds. The van der Waals surface area contributed by atoms with Gasteiger partial charge >= 0.3 is 7.60 Å². The van der Waals surface area contributed by atoms with E-state index in [1.165, 1.54) is 6.33 Å². The van der Waals surface area contributed by atoms with Crippen LogP contribution < -0.4 is 11.2 Å². The van der Waals surface area contributed by atoms with Crippen molar-refractivity contribution in [1.82, 2.24) is 19.5 Å². The molecular weight excluding hydrogens is 335 g/mol. The van der Waals surface area contributed by atoms with Crippen LogP contribution >= 0.6 is 7.60 Å². The van der Waals surface area contributed by atoms with Crippen LogP contribution in [0.4, 0.5) is 5.95 Å². The summed E-state index contributed by atoms with van der Waals surface area (Å²) in [7, 11) is -4.61. The Morgan fingerprint density at radius 2 is 2.25 bits per heavy atom. The average molecular weight is 352 g/mol. The molecule has 2 aromatic rings. The van der Waals surface area contributed by atoms with Crippen molar-refractivity contribution in [2.45, 2.75) is 19.4 Å². The Hall–Kier alpha value is -2.29. The second-order valence-electron chi connectivity index (χ2n) is 5.59. The highest BCUT2D eigenvalue weighted by atomic mass is 31.2. The minimum Gasteiger partial charge on any atom is -0.481 e. The number of ether oxygens (including phenoxy) is 1. The van der Waals surface area contributed by atoms with Gasteiger partial charge in [0.2, 0.25) is 5.95 Å². The molecule has 2 aromatic heterocycles. The quantitative estimate of drug-likeness (QED) is 0.265. The Morgan fingerprint density at radius 1 is 1.50 bits per heavy atom. The Labute approximate surface area is 137 Å². The third-order valence-electron chi connectivity index (χ3n) is 3.72. The molecule has 0 unspecified atom stereocenters. The lowest BCUT2D eigenvalue weighted by Gasteiger charge is -2.14. The van der Waals surface area contributed by atoms with Crippen molar-refractivity contribution in [3.63, 3.8) is 0 Å². The van der Waals surface area contributed by atoms with Crippen LogP contribution in [0.25, 0.3) is 11.2 Å². The maximum Gasteiger partial charge on any atom is 0.376 e. The van der Waals surface area contributed by atoms with E-state index in [-0.39, 0.29) is 35.0 Å². The zero-order valence-electron chi connectivity index (χ0n) is 12.8. The van der Waals surface area contributed by atoms with Crippen molar-refractivity contribution >= 4 is 36.0 Å². The van der Waals surface area contributed by atoms with Gasteiger partial charge in [-0.2, -0.15) is 4.98 Å². The number of nitrogens with two attached hydrogens (primary N) is 1. The number of hydrogen-bond acceptors (Lipinski definition) is 7. The first-order valence-electron chi connectivity index (χ1n) is 7.18. The van der Waals surface area contributed by atoms with Gasteiger partial charge in [-0.3, -0.25) is 9.97 Å². The van der Waals surface area contributed by atoms with Gasteiger partial charge in [0.05, 0.1) is 19.0 Å². The van der Waals surface area contributed by atoms with E-state index in [1.54, 1.807) is 11.5 Å². The van der Waals surface area contributed by atoms with E-state index in [4.69, 9.17) is 15.9 Å². The molecule has 5 N–H and O–H groups in total. The van der Waals surface area contributed by atoms with E-state index < -0.39 is 13.0 Å². The predicted octanol–water partition coefficient (Wildman–Crippen LogP) is 0.342. The summed E-state index contributed by atoms with van der Waals surface area (Å²) in [5.74, 6) is 0.0729. The smallest absolute Gasteiger partial charge is 0.376 e. The Kier molecular flexibility index (Phi) is 4.12. The zero-order valence-corrected chi connectivity index (χ0v) is 13.7. The Balaban J connectivity index is 1.92. The first-order valence-corrected chi connectivity index (χ1v) is 8.79. The zero-order chi connectivity index (χ0) is 17.5. The molecule has 24 heavy (non-hydrogen) atoms. The van der Waals surface area contributed by atoms with E-state index in [0.29, 0.717) is 13.0 Å². The van der Waals surface area contributed by atoms with Crippen LogP contribution in [0.2, 0.25) is 0 Å². The topological polar surface area (TPSA) is 160 Å². The molecule has 0 saturated heterocycles. The van der Waals surface area contributed by atoms with Gasteiger partial charge in [-0.15, -0.1) is 0 Å². The maximum absolute atomic E-state index is 11.6. The molecule has 1 aliphatic rings. The minimum atomic E-state index is -4.61. The monoisotopic (exact) mass is 352 g/mol. The number of hydrogen-bond donors (Lipinski definition) is 4. The lowest BCUT2D eigenvalue weighted by atomic mass is 10.1. The molecule has 3 rings (SSSR count). The summed E-state index contributed by atoms with van der Waals surface area (Å²) in [6.45, 7) is 1.97. The molecule has 10 nitrogen and oxygen atoms in total. The lowest BCUT2D eigenvalue weighted by molar-refractivity contribution is 0.251. The molecule has 128 valence electrons. The fourth-order valence-corrected chi connectivity index (χ4v) is 3.34. The van der Waals surface area contributed by atoms with Crippen molar-refractivity contribution in [3.05, 3.63) is 18.5 Å². The van der Waals surface area contributed by atoms with Crippen LogP contribution in [-0.2, 0) is 9.30 Å². The molecule has 0 aromatic carbocycles. The van der Waals surface area contributed by atoms with E-state index in [0.717, 1.165) is 0 Å². The molecule has 0 spiro atoms. The average Bonchev–Trinajstić information content (AvgIpc) is 3.09. The van der Waals surface area contributed by atoms with Crippen LogP contribution in [-0.4, -0.2) is 41.8 Å². The number of nitrogens with zero attached hydrogens (tertiary/aromatic N) is 4. The second-order valence-corrected chi connectivity index (χ2v) is 7.10. The Bertz CT molecular complexity index is 873. The van der Waals surface area contributed by atoms with Crippen molar-refractivity contribution < 1.29 is 19.1 Å². The summed E-state index contributed by atoms with van der Waals surface area (Å²) >= 11 is 0. The van der Waals surface area contributed by atoms with Crippen molar-refractivity contribution in [2.75, 3.05) is 12.3 Å². The molecule has 0 saturated carbocycles. The summed E-state index contributed by atoms with van der Waals surface area (Å²) in [5, 5.41) is 7.30. The van der Waals surface area contributed by atoms with E-state index in [9.17, 15) is 14.4 Å². The lowest BCUT2D eigenvalue weighted by Crippen LogP contribution is -2.16. The van der Waals surface area contributed by atoms with Crippen LogP contribution in [0.15, 0.2) is 18.5 Å².